The van der Waals surface area contributed by atoms with Crippen molar-refractivity contribution < 1.29 is 9.21 Å². The van der Waals surface area contributed by atoms with Gasteiger partial charge >= 0.3 is 0 Å². The van der Waals surface area contributed by atoms with Gasteiger partial charge in [0.15, 0.2) is 5.76 Å². The number of ketones is 1. The molecule has 0 amide bonds. The molecule has 2 N–H and O–H groups in total. The highest BCUT2D eigenvalue weighted by atomic mass is 16.3. The molecule has 1 atom stereocenters. The minimum Gasteiger partial charge on any atom is -0.461 e. The van der Waals surface area contributed by atoms with Crippen LogP contribution in [0.2, 0.25) is 0 Å². The summed E-state index contributed by atoms with van der Waals surface area (Å²) < 4.78 is 5.03. The topological polar surface area (TPSA) is 54.3 Å². The molecule has 0 saturated carbocycles. The van der Waals surface area contributed by atoms with Crippen LogP contribution in [0.1, 0.15) is 29.8 Å². The maximum atomic E-state index is 11.6. The number of hydrogen-bond acceptors (Lipinski definition) is 4. The molecule has 4 heteroatoms. The summed E-state index contributed by atoms with van der Waals surface area (Å²) in [6, 6.07) is 3.94. The van der Waals surface area contributed by atoms with Gasteiger partial charge in [-0.3, -0.25) is 4.79 Å². The van der Waals surface area contributed by atoms with Crippen LogP contribution in [0.4, 0.5) is 0 Å². The minimum absolute atomic E-state index is 0.0146. The molecule has 0 bridgehead atoms. The first-order chi connectivity index (χ1) is 7.86. The van der Waals surface area contributed by atoms with Crippen LogP contribution in [0.25, 0.3) is 0 Å². The summed E-state index contributed by atoms with van der Waals surface area (Å²) in [6.45, 7) is 2.30. The van der Waals surface area contributed by atoms with E-state index in [0.717, 1.165) is 13.1 Å². The van der Waals surface area contributed by atoms with Gasteiger partial charge in [-0.05, 0) is 31.5 Å². The molecule has 0 radical (unpaired) electrons. The van der Waals surface area contributed by atoms with Crippen LogP contribution in [0, 0.1) is 0 Å². The van der Waals surface area contributed by atoms with Gasteiger partial charge < -0.3 is 15.1 Å². The summed E-state index contributed by atoms with van der Waals surface area (Å²) >= 11 is 0. The lowest BCUT2D eigenvalue weighted by molar-refractivity contribution is 0.0963. The lowest BCUT2D eigenvalue weighted by atomic mass is 10.1. The highest BCUT2D eigenvalue weighted by Gasteiger charge is 2.13. The molecule has 4 nitrogen and oxygen atoms in total. The van der Waals surface area contributed by atoms with Crippen LogP contribution in [0.15, 0.2) is 22.8 Å². The second kappa shape index (κ2) is 5.82. The number of carbonyl (C=O) groups is 1. The van der Waals surface area contributed by atoms with E-state index in [0.29, 0.717) is 18.3 Å². The maximum Gasteiger partial charge on any atom is 0.211 e. The number of furan rings is 1. The molecule has 1 aromatic rings. The van der Waals surface area contributed by atoms with E-state index in [2.05, 4.69) is 10.6 Å². The first-order valence-electron chi connectivity index (χ1n) is 5.87. The van der Waals surface area contributed by atoms with Crippen molar-refractivity contribution in [3.05, 3.63) is 24.2 Å². The standard InChI is InChI=1S/C12H18N2O2/c15-11(12-5-3-7-16-12)9-13-8-10-4-1-2-6-14-10/h3,5,7,10,13-14H,1-2,4,6,8-9H2/t10-/m1/s1. The Morgan fingerprint density at radius 3 is 3.19 bits per heavy atom. The normalized spacial score (nSPS) is 20.9. The summed E-state index contributed by atoms with van der Waals surface area (Å²) in [6.07, 6.45) is 5.27. The van der Waals surface area contributed by atoms with E-state index in [4.69, 9.17) is 4.42 Å². The van der Waals surface area contributed by atoms with Gasteiger partial charge in [0.2, 0.25) is 5.78 Å². The first kappa shape index (κ1) is 11.4. The monoisotopic (exact) mass is 222 g/mol. The minimum atomic E-state index is 0.0146. The molecular formula is C12H18N2O2. The molecule has 1 saturated heterocycles. The predicted molar refractivity (Wildman–Crippen MR) is 61.5 cm³/mol. The second-order valence-corrected chi connectivity index (χ2v) is 4.18. The van der Waals surface area contributed by atoms with Crippen molar-refractivity contribution in [2.75, 3.05) is 19.6 Å². The van der Waals surface area contributed by atoms with Crippen molar-refractivity contribution in [3.8, 4) is 0 Å². The Hall–Kier alpha value is -1.13. The summed E-state index contributed by atoms with van der Waals surface area (Å²) in [5, 5.41) is 6.60. The number of carbonyl (C=O) groups excluding carboxylic acids is 1. The van der Waals surface area contributed by atoms with Crippen LogP contribution < -0.4 is 10.6 Å². The molecule has 0 aromatic carbocycles. The SMILES string of the molecule is O=C(CNC[C@H]1CCCCN1)c1ccco1. The molecule has 0 spiro atoms. The van der Waals surface area contributed by atoms with Crippen molar-refractivity contribution in [2.45, 2.75) is 25.3 Å². The number of rotatable bonds is 5. The maximum absolute atomic E-state index is 11.6. The van der Waals surface area contributed by atoms with Gasteiger partial charge in [0, 0.05) is 12.6 Å². The average molecular weight is 222 g/mol. The van der Waals surface area contributed by atoms with Gasteiger partial charge in [-0.25, -0.2) is 0 Å². The van der Waals surface area contributed by atoms with Crippen LogP contribution in [0.3, 0.4) is 0 Å². The van der Waals surface area contributed by atoms with E-state index < -0.39 is 0 Å². The number of piperidine rings is 1. The molecular weight excluding hydrogens is 204 g/mol. The number of nitrogens with one attached hydrogen (secondary N) is 2. The highest BCUT2D eigenvalue weighted by Crippen LogP contribution is 2.05. The highest BCUT2D eigenvalue weighted by molar-refractivity contribution is 5.94. The Bertz CT molecular complexity index is 316. The molecule has 88 valence electrons. The summed E-state index contributed by atoms with van der Waals surface area (Å²) in [4.78, 5) is 11.6. The third kappa shape index (κ3) is 3.18. The Kier molecular flexibility index (Phi) is 4.13. The van der Waals surface area contributed by atoms with Crippen LogP contribution in [0.5, 0.6) is 0 Å². The van der Waals surface area contributed by atoms with Crippen molar-refractivity contribution in [3.63, 3.8) is 0 Å². The number of hydrogen-bond donors (Lipinski definition) is 2. The Balaban J connectivity index is 1.66. The van der Waals surface area contributed by atoms with Gasteiger partial charge in [0.1, 0.15) is 0 Å². The second-order valence-electron chi connectivity index (χ2n) is 4.18. The Labute approximate surface area is 95.4 Å². The zero-order chi connectivity index (χ0) is 11.2. The van der Waals surface area contributed by atoms with Crippen LogP contribution in [-0.4, -0.2) is 31.5 Å². The molecule has 1 aliphatic rings. The molecule has 2 heterocycles. The summed E-state index contributed by atoms with van der Waals surface area (Å²) in [5.74, 6) is 0.449. The quantitative estimate of drug-likeness (QED) is 0.735. The van der Waals surface area contributed by atoms with Gasteiger partial charge in [-0.1, -0.05) is 6.42 Å². The fraction of sp³-hybridized carbons (Fsp3) is 0.583. The third-order valence-corrected chi connectivity index (χ3v) is 2.88. The summed E-state index contributed by atoms with van der Waals surface area (Å²) in [5.41, 5.74) is 0. The van der Waals surface area contributed by atoms with E-state index in [-0.39, 0.29) is 5.78 Å². The molecule has 0 aliphatic carbocycles. The van der Waals surface area contributed by atoms with E-state index in [1.165, 1.54) is 25.5 Å². The van der Waals surface area contributed by atoms with Crippen LogP contribution in [-0.2, 0) is 0 Å². The lowest BCUT2D eigenvalue weighted by Crippen LogP contribution is -2.42. The van der Waals surface area contributed by atoms with Gasteiger partial charge in [0.05, 0.1) is 12.8 Å². The molecule has 1 fully saturated rings. The van der Waals surface area contributed by atoms with Crippen molar-refractivity contribution in [2.24, 2.45) is 0 Å². The molecule has 1 aromatic heterocycles. The largest absolute Gasteiger partial charge is 0.461 e. The zero-order valence-electron chi connectivity index (χ0n) is 9.37. The zero-order valence-corrected chi connectivity index (χ0v) is 9.37. The molecule has 2 rings (SSSR count). The fourth-order valence-electron chi connectivity index (χ4n) is 1.98. The van der Waals surface area contributed by atoms with Crippen molar-refractivity contribution in [1.29, 1.82) is 0 Å². The van der Waals surface area contributed by atoms with Crippen molar-refractivity contribution in [1.82, 2.24) is 10.6 Å². The Morgan fingerprint density at radius 2 is 2.50 bits per heavy atom. The van der Waals surface area contributed by atoms with E-state index in [1.807, 2.05) is 0 Å². The first-order valence-corrected chi connectivity index (χ1v) is 5.87. The molecule has 1 aliphatic heterocycles. The molecule has 0 unspecified atom stereocenters. The predicted octanol–water partition coefficient (Wildman–Crippen LogP) is 1.19. The lowest BCUT2D eigenvalue weighted by Gasteiger charge is -2.23. The van der Waals surface area contributed by atoms with Gasteiger partial charge in [-0.2, -0.15) is 0 Å². The van der Waals surface area contributed by atoms with Gasteiger partial charge in [-0.15, -0.1) is 0 Å². The van der Waals surface area contributed by atoms with E-state index in [1.54, 1.807) is 12.1 Å². The van der Waals surface area contributed by atoms with E-state index >= 15 is 0 Å². The molecule has 16 heavy (non-hydrogen) atoms. The fourth-order valence-corrected chi connectivity index (χ4v) is 1.98. The average Bonchev–Trinajstić information content (AvgIpc) is 2.84. The van der Waals surface area contributed by atoms with Crippen molar-refractivity contribution >= 4 is 5.78 Å². The smallest absolute Gasteiger partial charge is 0.211 e. The number of Topliss-reactive ketones (excluding diaryl/α,β-unsaturated/α-hetero) is 1. The Morgan fingerprint density at radius 1 is 1.56 bits per heavy atom. The third-order valence-electron chi connectivity index (χ3n) is 2.88. The van der Waals surface area contributed by atoms with E-state index in [9.17, 15) is 4.79 Å². The summed E-state index contributed by atoms with van der Waals surface area (Å²) in [7, 11) is 0. The van der Waals surface area contributed by atoms with Gasteiger partial charge in [0.25, 0.3) is 0 Å². The van der Waals surface area contributed by atoms with Crippen LogP contribution >= 0.6 is 0 Å².